The van der Waals surface area contributed by atoms with Gasteiger partial charge in [-0.2, -0.15) is 0 Å². The van der Waals surface area contributed by atoms with E-state index in [0.29, 0.717) is 11.7 Å². The minimum Gasteiger partial charge on any atom is -0.378 e. The molecule has 1 atom stereocenters. The van der Waals surface area contributed by atoms with Crippen molar-refractivity contribution in [3.63, 3.8) is 0 Å². The molecule has 0 radical (unpaired) electrons. The fourth-order valence-electron chi connectivity index (χ4n) is 1.90. The first-order chi connectivity index (χ1) is 9.49. The second kappa shape index (κ2) is 5.87. The lowest BCUT2D eigenvalue weighted by Crippen LogP contribution is -2.16. The van der Waals surface area contributed by atoms with Crippen LogP contribution < -0.4 is 11.1 Å². The number of hydrogen-bond acceptors (Lipinski definition) is 6. The van der Waals surface area contributed by atoms with Crippen molar-refractivity contribution >= 4 is 28.7 Å². The summed E-state index contributed by atoms with van der Waals surface area (Å²) in [4.78, 5) is 15.4. The Morgan fingerprint density at radius 3 is 2.65 bits per heavy atom. The normalized spacial score (nSPS) is 12.3. The van der Waals surface area contributed by atoms with Crippen LogP contribution in [0.25, 0.3) is 0 Å². The summed E-state index contributed by atoms with van der Waals surface area (Å²) >= 11 is 1.66. The molecule has 0 aliphatic heterocycles. The van der Waals surface area contributed by atoms with Gasteiger partial charge < -0.3 is 11.1 Å². The minimum absolute atomic E-state index is 0.0753. The summed E-state index contributed by atoms with van der Waals surface area (Å²) in [5.74, 6) is 0.820. The van der Waals surface area contributed by atoms with E-state index in [9.17, 15) is 10.1 Å². The minimum atomic E-state index is -0.536. The first-order valence-corrected chi connectivity index (χ1v) is 7.08. The Labute approximate surface area is 120 Å². The number of anilines is 2. The molecule has 3 N–H and O–H groups in total. The Morgan fingerprint density at radius 1 is 1.40 bits per heavy atom. The lowest BCUT2D eigenvalue weighted by Gasteiger charge is -2.21. The van der Waals surface area contributed by atoms with E-state index in [2.05, 4.69) is 30.2 Å². The van der Waals surface area contributed by atoms with Crippen molar-refractivity contribution in [1.29, 1.82) is 0 Å². The van der Waals surface area contributed by atoms with E-state index in [-0.39, 0.29) is 17.5 Å². The average molecular weight is 292 g/mol. The van der Waals surface area contributed by atoms with Gasteiger partial charge in [0.05, 0.1) is 11.0 Å². The number of nitrogen functional groups attached to an aromatic ring is 1. The topological polar surface area (TPSA) is 94.1 Å². The van der Waals surface area contributed by atoms with Crippen LogP contribution in [0.5, 0.6) is 0 Å². The van der Waals surface area contributed by atoms with Crippen LogP contribution >= 0.6 is 11.3 Å². The van der Waals surface area contributed by atoms with Gasteiger partial charge >= 0.3 is 5.69 Å². The first kappa shape index (κ1) is 14.3. The zero-order valence-electron chi connectivity index (χ0n) is 11.2. The van der Waals surface area contributed by atoms with E-state index in [1.54, 1.807) is 17.4 Å². The maximum Gasteiger partial charge on any atom is 0.311 e. The van der Waals surface area contributed by atoms with Gasteiger partial charge in [-0.05, 0) is 23.4 Å². The Bertz CT molecular complexity index is 598. The van der Waals surface area contributed by atoms with Gasteiger partial charge in [0.25, 0.3) is 0 Å². The summed E-state index contributed by atoms with van der Waals surface area (Å²) in [5, 5.41) is 16.0. The standard InChI is InChI=1S/C13H16N4O2S/c1-8(2)12(10-4-3-7-20-10)15-11-6-5-9(17(18)19)13(14)16-11/h3-8,12H,1-2H3,(H3,14,15,16). The molecule has 0 amide bonds. The number of nitrogens with two attached hydrogens (primary N) is 1. The van der Waals surface area contributed by atoms with Gasteiger partial charge in [-0.3, -0.25) is 10.1 Å². The van der Waals surface area contributed by atoms with Crippen LogP contribution in [-0.4, -0.2) is 9.91 Å². The van der Waals surface area contributed by atoms with Crippen molar-refractivity contribution in [3.8, 4) is 0 Å². The van der Waals surface area contributed by atoms with Gasteiger partial charge in [0.15, 0.2) is 0 Å². The summed E-state index contributed by atoms with van der Waals surface area (Å²) in [6, 6.07) is 7.10. The third-order valence-electron chi connectivity index (χ3n) is 2.92. The van der Waals surface area contributed by atoms with Gasteiger partial charge in [-0.25, -0.2) is 4.98 Å². The van der Waals surface area contributed by atoms with Crippen LogP contribution in [0.1, 0.15) is 24.8 Å². The monoisotopic (exact) mass is 292 g/mol. The summed E-state index contributed by atoms with van der Waals surface area (Å²) in [5.41, 5.74) is 5.43. The zero-order chi connectivity index (χ0) is 14.7. The highest BCUT2D eigenvalue weighted by Crippen LogP contribution is 2.30. The number of aromatic nitrogens is 1. The maximum absolute atomic E-state index is 10.7. The second-order valence-electron chi connectivity index (χ2n) is 4.74. The number of pyridine rings is 1. The molecule has 2 heterocycles. The zero-order valence-corrected chi connectivity index (χ0v) is 12.1. The number of nitrogens with zero attached hydrogens (tertiary/aromatic N) is 2. The summed E-state index contributed by atoms with van der Waals surface area (Å²) in [6.07, 6.45) is 0. The molecular formula is C13H16N4O2S. The number of nitrogens with one attached hydrogen (secondary N) is 1. The Balaban J connectivity index is 2.24. The number of hydrogen-bond donors (Lipinski definition) is 2. The molecule has 1 unspecified atom stereocenters. The molecule has 0 aromatic carbocycles. The summed E-state index contributed by atoms with van der Waals surface area (Å²) in [7, 11) is 0. The highest BCUT2D eigenvalue weighted by Gasteiger charge is 2.19. The Morgan fingerprint density at radius 2 is 2.15 bits per heavy atom. The predicted octanol–water partition coefficient (Wildman–Crippen LogP) is 3.44. The third kappa shape index (κ3) is 3.05. The van der Waals surface area contributed by atoms with Gasteiger partial charge in [0.2, 0.25) is 5.82 Å². The molecule has 2 aromatic heterocycles. The van der Waals surface area contributed by atoms with E-state index in [1.165, 1.54) is 10.9 Å². The highest BCUT2D eigenvalue weighted by molar-refractivity contribution is 7.10. The summed E-state index contributed by atoms with van der Waals surface area (Å²) in [6.45, 7) is 4.21. The van der Waals surface area contributed by atoms with Crippen LogP contribution in [0.3, 0.4) is 0 Å². The second-order valence-corrected chi connectivity index (χ2v) is 5.72. The molecule has 0 saturated carbocycles. The lowest BCUT2D eigenvalue weighted by atomic mass is 10.0. The molecule has 106 valence electrons. The van der Waals surface area contributed by atoms with E-state index in [4.69, 9.17) is 5.73 Å². The molecule has 20 heavy (non-hydrogen) atoms. The van der Waals surface area contributed by atoms with E-state index in [1.807, 2.05) is 11.4 Å². The highest BCUT2D eigenvalue weighted by atomic mass is 32.1. The fourth-order valence-corrected chi connectivity index (χ4v) is 2.85. The molecule has 0 aliphatic rings. The quantitative estimate of drug-likeness (QED) is 0.650. The molecule has 0 bridgehead atoms. The first-order valence-electron chi connectivity index (χ1n) is 6.20. The van der Waals surface area contributed by atoms with Crippen molar-refractivity contribution in [1.82, 2.24) is 4.98 Å². The van der Waals surface area contributed by atoms with Gasteiger partial charge in [-0.15, -0.1) is 11.3 Å². The van der Waals surface area contributed by atoms with Crippen LogP contribution in [0.2, 0.25) is 0 Å². The third-order valence-corrected chi connectivity index (χ3v) is 3.87. The molecule has 2 aromatic rings. The molecule has 2 rings (SSSR count). The largest absolute Gasteiger partial charge is 0.378 e. The summed E-state index contributed by atoms with van der Waals surface area (Å²) < 4.78 is 0. The molecule has 0 fully saturated rings. The number of rotatable bonds is 5. The van der Waals surface area contributed by atoms with E-state index < -0.39 is 4.92 Å². The molecule has 0 aliphatic carbocycles. The van der Waals surface area contributed by atoms with Crippen LogP contribution in [0, 0.1) is 16.0 Å². The van der Waals surface area contributed by atoms with Crippen molar-refractivity contribution in [2.75, 3.05) is 11.1 Å². The van der Waals surface area contributed by atoms with Gasteiger partial charge in [0, 0.05) is 10.9 Å². The maximum atomic E-state index is 10.7. The van der Waals surface area contributed by atoms with Crippen LogP contribution in [-0.2, 0) is 0 Å². The molecule has 7 heteroatoms. The smallest absolute Gasteiger partial charge is 0.311 e. The number of thiophene rings is 1. The van der Waals surface area contributed by atoms with Crippen molar-refractivity contribution in [3.05, 3.63) is 44.6 Å². The molecule has 0 spiro atoms. The predicted molar refractivity (Wildman–Crippen MR) is 80.8 cm³/mol. The molecule has 6 nitrogen and oxygen atoms in total. The van der Waals surface area contributed by atoms with Gasteiger partial charge in [-0.1, -0.05) is 19.9 Å². The van der Waals surface area contributed by atoms with Crippen LogP contribution in [0.15, 0.2) is 29.6 Å². The van der Waals surface area contributed by atoms with E-state index in [0.717, 1.165) is 0 Å². The van der Waals surface area contributed by atoms with Crippen molar-refractivity contribution in [2.45, 2.75) is 19.9 Å². The van der Waals surface area contributed by atoms with Crippen LogP contribution in [0.4, 0.5) is 17.3 Å². The van der Waals surface area contributed by atoms with Crippen molar-refractivity contribution in [2.24, 2.45) is 5.92 Å². The Hall–Kier alpha value is -2.15. The molecule has 0 saturated heterocycles. The fraction of sp³-hybridized carbons (Fsp3) is 0.308. The van der Waals surface area contributed by atoms with Crippen molar-refractivity contribution < 1.29 is 4.92 Å². The van der Waals surface area contributed by atoms with E-state index >= 15 is 0 Å². The average Bonchev–Trinajstić information content (AvgIpc) is 2.88. The van der Waals surface area contributed by atoms with Gasteiger partial charge in [0.1, 0.15) is 5.82 Å². The lowest BCUT2D eigenvalue weighted by molar-refractivity contribution is -0.384. The SMILES string of the molecule is CC(C)C(Nc1ccc([N+](=O)[O-])c(N)n1)c1cccs1. The Kier molecular flexibility index (Phi) is 4.19. The number of nitro groups is 1. The molecular weight excluding hydrogens is 276 g/mol.